The smallest absolute Gasteiger partial charge is 0.348 e. The zero-order valence-electron chi connectivity index (χ0n) is 15.6. The zero-order chi connectivity index (χ0) is 20.1. The summed E-state index contributed by atoms with van der Waals surface area (Å²) >= 11 is 5.77. The number of rotatable bonds is 2. The topological polar surface area (TPSA) is 57.5 Å². The number of esters is 2. The summed E-state index contributed by atoms with van der Waals surface area (Å²) in [5.41, 5.74) is 2.67. The summed E-state index contributed by atoms with van der Waals surface area (Å²) in [7, 11) is 0. The van der Waals surface area contributed by atoms with Crippen molar-refractivity contribution in [2.45, 2.75) is 45.3 Å². The highest BCUT2D eigenvalue weighted by Crippen LogP contribution is 2.39. The zero-order valence-corrected chi connectivity index (χ0v) is 16.3. The minimum Gasteiger partial charge on any atom is -0.419 e. The number of carbonyl (C=O) groups excluding carboxylic acids is 2. The lowest BCUT2D eigenvalue weighted by Crippen LogP contribution is -2.44. The molecular weight excluding hydrogens is 385 g/mol. The molecule has 1 saturated carbocycles. The molecule has 0 radical (unpaired) electrons. The predicted molar refractivity (Wildman–Crippen MR) is 102 cm³/mol. The maximum absolute atomic E-state index is 13.9. The van der Waals surface area contributed by atoms with Gasteiger partial charge >= 0.3 is 11.9 Å². The van der Waals surface area contributed by atoms with Gasteiger partial charge in [0, 0.05) is 29.9 Å². The first-order valence-corrected chi connectivity index (χ1v) is 9.50. The van der Waals surface area contributed by atoms with Gasteiger partial charge in [0.05, 0.1) is 5.02 Å². The molecule has 146 valence electrons. The maximum atomic E-state index is 13.9. The molecule has 2 fully saturated rings. The van der Waals surface area contributed by atoms with Gasteiger partial charge in [-0.25, -0.2) is 14.0 Å². The third-order valence-corrected chi connectivity index (χ3v) is 5.60. The number of aromatic nitrogens is 1. The summed E-state index contributed by atoms with van der Waals surface area (Å²) < 4.78 is 26.6. The Labute approximate surface area is 166 Å². The Kier molecular flexibility index (Phi) is 4.54. The van der Waals surface area contributed by atoms with Crippen LogP contribution in [0.15, 0.2) is 29.8 Å². The molecule has 1 saturated heterocycles. The SMILES string of the molecule is Cc1cc(C=C2C(=O)OC3(CCCC3)OC2=O)c(C)n1-c1ccc(Cl)c(F)c1. The fourth-order valence-electron chi connectivity index (χ4n) is 3.90. The molecule has 1 aliphatic carbocycles. The van der Waals surface area contributed by atoms with Crippen molar-refractivity contribution in [1.82, 2.24) is 4.57 Å². The van der Waals surface area contributed by atoms with Crippen LogP contribution < -0.4 is 0 Å². The molecule has 5 nitrogen and oxygen atoms in total. The first-order valence-electron chi connectivity index (χ1n) is 9.12. The van der Waals surface area contributed by atoms with Crippen LogP contribution in [0, 0.1) is 19.7 Å². The molecule has 2 heterocycles. The van der Waals surface area contributed by atoms with E-state index < -0.39 is 23.5 Å². The fraction of sp³-hybridized carbons (Fsp3) is 0.333. The van der Waals surface area contributed by atoms with E-state index in [9.17, 15) is 14.0 Å². The fourth-order valence-corrected chi connectivity index (χ4v) is 4.02. The molecule has 4 rings (SSSR count). The van der Waals surface area contributed by atoms with Crippen LogP contribution >= 0.6 is 11.6 Å². The Morgan fingerprint density at radius 3 is 2.36 bits per heavy atom. The number of hydrogen-bond donors (Lipinski definition) is 0. The number of aryl methyl sites for hydroxylation is 1. The van der Waals surface area contributed by atoms with Crippen molar-refractivity contribution in [2.75, 3.05) is 0 Å². The lowest BCUT2D eigenvalue weighted by Gasteiger charge is -2.32. The first kappa shape index (κ1) is 18.7. The van der Waals surface area contributed by atoms with Crippen LogP contribution in [0.3, 0.4) is 0 Å². The molecule has 28 heavy (non-hydrogen) atoms. The second kappa shape index (κ2) is 6.78. The molecular formula is C21H19ClFNO4. The van der Waals surface area contributed by atoms with Crippen molar-refractivity contribution in [1.29, 1.82) is 0 Å². The Bertz CT molecular complexity index is 996. The van der Waals surface area contributed by atoms with Gasteiger partial charge in [0.25, 0.3) is 5.79 Å². The molecule has 0 unspecified atom stereocenters. The molecule has 0 N–H and O–H groups in total. The van der Waals surface area contributed by atoms with Gasteiger partial charge in [0.15, 0.2) is 0 Å². The largest absolute Gasteiger partial charge is 0.419 e. The average Bonchev–Trinajstić information content (AvgIpc) is 3.18. The lowest BCUT2D eigenvalue weighted by atomic mass is 10.1. The number of halogens is 2. The van der Waals surface area contributed by atoms with Crippen LogP contribution in [0.25, 0.3) is 11.8 Å². The van der Waals surface area contributed by atoms with Crippen LogP contribution in [-0.2, 0) is 19.1 Å². The molecule has 2 aliphatic rings. The van der Waals surface area contributed by atoms with Gasteiger partial charge in [0.1, 0.15) is 11.4 Å². The summed E-state index contributed by atoms with van der Waals surface area (Å²) in [5.74, 6) is -2.95. The number of carbonyl (C=O) groups is 2. The van der Waals surface area contributed by atoms with Crippen molar-refractivity contribution in [3.05, 3.63) is 57.6 Å². The lowest BCUT2D eigenvalue weighted by molar-refractivity contribution is -0.232. The third-order valence-electron chi connectivity index (χ3n) is 5.29. The van der Waals surface area contributed by atoms with E-state index in [1.807, 2.05) is 24.5 Å². The second-order valence-electron chi connectivity index (χ2n) is 7.22. The van der Waals surface area contributed by atoms with Crippen molar-refractivity contribution in [3.8, 4) is 5.69 Å². The molecule has 0 bridgehead atoms. The van der Waals surface area contributed by atoms with Crippen LogP contribution in [0.4, 0.5) is 4.39 Å². The molecule has 1 aromatic heterocycles. The summed E-state index contributed by atoms with van der Waals surface area (Å²) in [6.45, 7) is 3.68. The minimum absolute atomic E-state index is 0.0436. The highest BCUT2D eigenvalue weighted by atomic mass is 35.5. The van der Waals surface area contributed by atoms with Gasteiger partial charge in [-0.15, -0.1) is 0 Å². The van der Waals surface area contributed by atoms with Crippen LogP contribution in [0.1, 0.15) is 42.6 Å². The Hall–Kier alpha value is -2.60. The Balaban J connectivity index is 1.70. The van der Waals surface area contributed by atoms with Crippen LogP contribution in [0.5, 0.6) is 0 Å². The summed E-state index contributed by atoms with van der Waals surface area (Å²) in [6.07, 6.45) is 4.26. The van der Waals surface area contributed by atoms with Gasteiger partial charge in [-0.2, -0.15) is 0 Å². The summed E-state index contributed by atoms with van der Waals surface area (Å²) in [5, 5.41) is 0.0436. The highest BCUT2D eigenvalue weighted by Gasteiger charge is 2.47. The van der Waals surface area contributed by atoms with Crippen LogP contribution in [-0.4, -0.2) is 22.3 Å². The molecule has 2 aromatic rings. The summed E-state index contributed by atoms with van der Waals surface area (Å²) in [6, 6.07) is 6.34. The van der Waals surface area contributed by atoms with Gasteiger partial charge in [-0.3, -0.25) is 0 Å². The molecule has 0 atom stereocenters. The second-order valence-corrected chi connectivity index (χ2v) is 7.62. The molecule has 7 heteroatoms. The number of benzene rings is 1. The Morgan fingerprint density at radius 2 is 1.75 bits per heavy atom. The van der Waals surface area contributed by atoms with E-state index in [1.54, 1.807) is 6.07 Å². The van der Waals surface area contributed by atoms with E-state index in [0.29, 0.717) is 24.1 Å². The van der Waals surface area contributed by atoms with E-state index in [2.05, 4.69) is 0 Å². The normalized spacial score (nSPS) is 18.4. The van der Waals surface area contributed by atoms with Crippen molar-refractivity contribution < 1.29 is 23.5 Å². The molecule has 1 spiro atoms. The number of nitrogens with zero attached hydrogens (tertiary/aromatic N) is 1. The van der Waals surface area contributed by atoms with E-state index >= 15 is 0 Å². The standard InChI is InChI=1S/C21H19ClFNO4/c1-12-9-14(13(2)24(12)15-5-6-17(22)18(23)11-15)10-16-19(25)27-21(28-20(16)26)7-3-4-8-21/h5-6,9-11H,3-4,7-8H2,1-2H3. The molecule has 0 amide bonds. The van der Waals surface area contributed by atoms with E-state index in [-0.39, 0.29) is 10.6 Å². The van der Waals surface area contributed by atoms with Gasteiger partial charge in [-0.05, 0) is 62.6 Å². The summed E-state index contributed by atoms with van der Waals surface area (Å²) in [4.78, 5) is 24.9. The van der Waals surface area contributed by atoms with Crippen molar-refractivity contribution in [2.24, 2.45) is 0 Å². The maximum Gasteiger partial charge on any atom is 0.348 e. The first-order chi connectivity index (χ1) is 13.3. The third kappa shape index (κ3) is 3.11. The van der Waals surface area contributed by atoms with E-state index in [0.717, 1.165) is 24.2 Å². The average molecular weight is 404 g/mol. The van der Waals surface area contributed by atoms with E-state index in [1.165, 1.54) is 18.2 Å². The van der Waals surface area contributed by atoms with Gasteiger partial charge < -0.3 is 14.0 Å². The van der Waals surface area contributed by atoms with E-state index in [4.69, 9.17) is 21.1 Å². The van der Waals surface area contributed by atoms with Gasteiger partial charge in [-0.1, -0.05) is 11.6 Å². The van der Waals surface area contributed by atoms with Gasteiger partial charge in [0.2, 0.25) is 0 Å². The minimum atomic E-state index is -1.09. The highest BCUT2D eigenvalue weighted by molar-refractivity contribution is 6.30. The molecule has 1 aromatic carbocycles. The van der Waals surface area contributed by atoms with Crippen LogP contribution in [0.2, 0.25) is 5.02 Å². The Morgan fingerprint density at radius 1 is 1.11 bits per heavy atom. The van der Waals surface area contributed by atoms with Crippen molar-refractivity contribution in [3.63, 3.8) is 0 Å². The van der Waals surface area contributed by atoms with Crippen molar-refractivity contribution >= 4 is 29.6 Å². The number of hydrogen-bond acceptors (Lipinski definition) is 4. The monoisotopic (exact) mass is 403 g/mol. The molecule has 1 aliphatic heterocycles. The number of ether oxygens (including phenoxy) is 2. The quantitative estimate of drug-likeness (QED) is 0.416. The predicted octanol–water partition coefficient (Wildman–Crippen LogP) is 4.64.